The Morgan fingerprint density at radius 2 is 2.43 bits per heavy atom. The van der Waals surface area contributed by atoms with Crippen LogP contribution in [0.15, 0.2) is 36.8 Å². The highest BCUT2D eigenvalue weighted by Gasteiger charge is 2.21. The summed E-state index contributed by atoms with van der Waals surface area (Å²) in [5.74, 6) is 1.40. The van der Waals surface area contributed by atoms with Crippen molar-refractivity contribution in [2.45, 2.75) is 12.8 Å². The fraction of sp³-hybridized carbons (Fsp3) is 0.400. The predicted molar refractivity (Wildman–Crippen MR) is 80.1 cm³/mol. The quantitative estimate of drug-likeness (QED) is 0.891. The predicted octanol–water partition coefficient (Wildman–Crippen LogP) is 1.45. The van der Waals surface area contributed by atoms with Crippen LogP contribution in [0, 0.1) is 5.92 Å². The Morgan fingerprint density at radius 3 is 3.19 bits per heavy atom. The summed E-state index contributed by atoms with van der Waals surface area (Å²) in [6.45, 7) is 2.65. The third-order valence-corrected chi connectivity index (χ3v) is 3.80. The summed E-state index contributed by atoms with van der Waals surface area (Å²) in [5, 5.41) is 9.42. The average molecular weight is 285 g/mol. The largest absolute Gasteiger partial charge is 0.356 e. The summed E-state index contributed by atoms with van der Waals surface area (Å²) in [6, 6.07) is 5.97. The number of hydrogen-bond donors (Lipinski definition) is 2. The van der Waals surface area contributed by atoms with Gasteiger partial charge in [-0.25, -0.2) is 4.98 Å². The maximum Gasteiger partial charge on any atom is 0.254 e. The zero-order valence-corrected chi connectivity index (χ0v) is 11.8. The molecule has 1 atom stereocenters. The molecule has 2 aromatic heterocycles. The minimum Gasteiger partial charge on any atom is -0.356 e. The minimum absolute atomic E-state index is 0.0706. The van der Waals surface area contributed by atoms with Crippen molar-refractivity contribution in [1.29, 1.82) is 0 Å². The van der Waals surface area contributed by atoms with Gasteiger partial charge in [0.1, 0.15) is 5.82 Å². The number of hydrogen-bond acceptors (Lipinski definition) is 4. The molecule has 1 aliphatic rings. The maximum absolute atomic E-state index is 11.9. The Labute approximate surface area is 123 Å². The number of amides is 1. The summed E-state index contributed by atoms with van der Waals surface area (Å²) in [7, 11) is 0. The van der Waals surface area contributed by atoms with E-state index in [1.807, 2.05) is 24.4 Å². The molecule has 1 fully saturated rings. The number of piperidine rings is 1. The van der Waals surface area contributed by atoms with Gasteiger partial charge in [0.2, 0.25) is 0 Å². The number of rotatable bonds is 4. The van der Waals surface area contributed by atoms with Gasteiger partial charge in [-0.05, 0) is 30.9 Å². The van der Waals surface area contributed by atoms with E-state index in [0.29, 0.717) is 18.0 Å². The number of pyridine rings is 1. The van der Waals surface area contributed by atoms with Gasteiger partial charge in [-0.15, -0.1) is 0 Å². The van der Waals surface area contributed by atoms with E-state index < -0.39 is 0 Å². The number of carbonyl (C=O) groups excluding carboxylic acids is 1. The third-order valence-electron chi connectivity index (χ3n) is 3.80. The molecule has 6 nitrogen and oxygen atoms in total. The van der Waals surface area contributed by atoms with Crippen molar-refractivity contribution in [3.8, 4) is 0 Å². The Balaban J connectivity index is 1.53. The van der Waals surface area contributed by atoms with Crippen molar-refractivity contribution in [1.82, 2.24) is 20.5 Å². The number of carbonyl (C=O) groups is 1. The molecule has 110 valence electrons. The first-order chi connectivity index (χ1) is 10.3. The van der Waals surface area contributed by atoms with Gasteiger partial charge in [0.05, 0.1) is 11.8 Å². The molecule has 3 rings (SSSR count). The Hall–Kier alpha value is -2.37. The third kappa shape index (κ3) is 3.39. The van der Waals surface area contributed by atoms with E-state index in [1.165, 1.54) is 6.20 Å². The average Bonchev–Trinajstić information content (AvgIpc) is 3.08. The molecule has 0 spiro atoms. The summed E-state index contributed by atoms with van der Waals surface area (Å²) >= 11 is 0. The van der Waals surface area contributed by atoms with Crippen LogP contribution in [0.1, 0.15) is 23.2 Å². The lowest BCUT2D eigenvalue weighted by Gasteiger charge is -2.33. The second-order valence-electron chi connectivity index (χ2n) is 5.34. The monoisotopic (exact) mass is 285 g/mol. The summed E-state index contributed by atoms with van der Waals surface area (Å²) in [6.07, 6.45) is 7.23. The number of aromatic nitrogens is 3. The lowest BCUT2D eigenvalue weighted by molar-refractivity contribution is 0.0945. The van der Waals surface area contributed by atoms with Crippen molar-refractivity contribution < 1.29 is 4.79 Å². The standard InChI is InChI=1S/C15H19N5O/c21-15(13-9-18-19-10-13)17-8-12-4-3-7-20(11-12)14-5-1-2-6-16-14/h1-2,5-6,9-10,12H,3-4,7-8,11H2,(H,17,21)(H,18,19)/t12-/m0/s1. The van der Waals surface area contributed by atoms with Gasteiger partial charge in [-0.2, -0.15) is 5.10 Å². The van der Waals surface area contributed by atoms with E-state index >= 15 is 0 Å². The first-order valence-corrected chi connectivity index (χ1v) is 7.26. The fourth-order valence-corrected chi connectivity index (χ4v) is 2.69. The van der Waals surface area contributed by atoms with Gasteiger partial charge in [0.15, 0.2) is 0 Å². The van der Waals surface area contributed by atoms with Gasteiger partial charge in [0, 0.05) is 32.0 Å². The smallest absolute Gasteiger partial charge is 0.254 e. The molecule has 6 heteroatoms. The van der Waals surface area contributed by atoms with E-state index in [9.17, 15) is 4.79 Å². The van der Waals surface area contributed by atoms with Crippen molar-refractivity contribution in [3.63, 3.8) is 0 Å². The fourth-order valence-electron chi connectivity index (χ4n) is 2.69. The van der Waals surface area contributed by atoms with Crippen LogP contribution >= 0.6 is 0 Å². The second kappa shape index (κ2) is 6.39. The molecule has 0 radical (unpaired) electrons. The van der Waals surface area contributed by atoms with E-state index in [4.69, 9.17) is 0 Å². The van der Waals surface area contributed by atoms with Crippen LogP contribution in [-0.4, -0.2) is 40.7 Å². The van der Waals surface area contributed by atoms with Crippen LogP contribution < -0.4 is 10.2 Å². The van der Waals surface area contributed by atoms with Gasteiger partial charge in [0.25, 0.3) is 5.91 Å². The summed E-state index contributed by atoms with van der Waals surface area (Å²) < 4.78 is 0. The number of H-pyrrole nitrogens is 1. The first-order valence-electron chi connectivity index (χ1n) is 7.26. The number of anilines is 1. The Morgan fingerprint density at radius 1 is 1.48 bits per heavy atom. The molecule has 2 aromatic rings. The van der Waals surface area contributed by atoms with Crippen LogP contribution in [0.4, 0.5) is 5.82 Å². The molecular weight excluding hydrogens is 266 g/mol. The van der Waals surface area contributed by atoms with E-state index in [-0.39, 0.29) is 5.91 Å². The molecule has 21 heavy (non-hydrogen) atoms. The number of nitrogens with zero attached hydrogens (tertiary/aromatic N) is 3. The Kier molecular flexibility index (Phi) is 4.14. The van der Waals surface area contributed by atoms with Crippen LogP contribution in [0.2, 0.25) is 0 Å². The highest BCUT2D eigenvalue weighted by molar-refractivity contribution is 5.93. The van der Waals surface area contributed by atoms with Crippen molar-refractivity contribution in [2.75, 3.05) is 24.5 Å². The van der Waals surface area contributed by atoms with Crippen molar-refractivity contribution in [3.05, 3.63) is 42.4 Å². The normalized spacial score (nSPS) is 18.5. The molecule has 3 heterocycles. The van der Waals surface area contributed by atoms with Crippen LogP contribution in [-0.2, 0) is 0 Å². The molecular formula is C15H19N5O. The molecule has 1 saturated heterocycles. The molecule has 1 amide bonds. The molecule has 0 bridgehead atoms. The Bertz CT molecular complexity index is 569. The molecule has 0 aliphatic carbocycles. The van der Waals surface area contributed by atoms with Crippen LogP contribution in [0.5, 0.6) is 0 Å². The van der Waals surface area contributed by atoms with Gasteiger partial charge >= 0.3 is 0 Å². The molecule has 0 aromatic carbocycles. The van der Waals surface area contributed by atoms with Gasteiger partial charge < -0.3 is 10.2 Å². The SMILES string of the molecule is O=C(NC[C@@H]1CCCN(c2ccccn2)C1)c1cn[nH]c1. The van der Waals surface area contributed by atoms with E-state index in [0.717, 1.165) is 31.7 Å². The topological polar surface area (TPSA) is 73.9 Å². The van der Waals surface area contributed by atoms with Crippen LogP contribution in [0.25, 0.3) is 0 Å². The minimum atomic E-state index is -0.0706. The molecule has 0 unspecified atom stereocenters. The van der Waals surface area contributed by atoms with Crippen molar-refractivity contribution >= 4 is 11.7 Å². The van der Waals surface area contributed by atoms with E-state index in [1.54, 1.807) is 6.20 Å². The molecule has 0 saturated carbocycles. The second-order valence-corrected chi connectivity index (χ2v) is 5.34. The highest BCUT2D eigenvalue weighted by Crippen LogP contribution is 2.20. The highest BCUT2D eigenvalue weighted by atomic mass is 16.1. The number of nitrogens with one attached hydrogen (secondary N) is 2. The van der Waals surface area contributed by atoms with Crippen LogP contribution in [0.3, 0.4) is 0 Å². The molecule has 1 aliphatic heterocycles. The van der Waals surface area contributed by atoms with Gasteiger partial charge in [-0.3, -0.25) is 9.89 Å². The van der Waals surface area contributed by atoms with Crippen molar-refractivity contribution in [2.24, 2.45) is 5.92 Å². The van der Waals surface area contributed by atoms with Gasteiger partial charge in [-0.1, -0.05) is 6.07 Å². The number of aromatic amines is 1. The molecule has 2 N–H and O–H groups in total. The lowest BCUT2D eigenvalue weighted by Crippen LogP contribution is -2.41. The zero-order chi connectivity index (χ0) is 14.5. The first kappa shape index (κ1) is 13.6. The lowest BCUT2D eigenvalue weighted by atomic mass is 9.98. The summed E-state index contributed by atoms with van der Waals surface area (Å²) in [5.41, 5.74) is 0.576. The van der Waals surface area contributed by atoms with E-state index in [2.05, 4.69) is 25.4 Å². The summed E-state index contributed by atoms with van der Waals surface area (Å²) in [4.78, 5) is 18.6. The zero-order valence-electron chi connectivity index (χ0n) is 11.8. The maximum atomic E-state index is 11.9.